The fourth-order valence-corrected chi connectivity index (χ4v) is 2.33. The number of ketones is 3. The molecule has 94 valence electrons. The van der Waals surface area contributed by atoms with E-state index >= 15 is 0 Å². The molecule has 0 heterocycles. The van der Waals surface area contributed by atoms with E-state index in [4.69, 9.17) is 0 Å². The molecule has 0 bridgehead atoms. The van der Waals surface area contributed by atoms with Gasteiger partial charge in [-0.05, 0) is 6.42 Å². The number of unbranched alkanes of at least 4 members (excludes halogenated alkanes) is 2. The van der Waals surface area contributed by atoms with Crippen molar-refractivity contribution in [2.45, 2.75) is 32.6 Å². The second-order valence-corrected chi connectivity index (χ2v) is 4.63. The molecule has 3 heteroatoms. The summed E-state index contributed by atoms with van der Waals surface area (Å²) in [5.74, 6) is -1.94. The van der Waals surface area contributed by atoms with E-state index in [0.717, 1.165) is 19.3 Å². The lowest BCUT2D eigenvalue weighted by molar-refractivity contribution is -0.120. The van der Waals surface area contributed by atoms with Crippen molar-refractivity contribution >= 4 is 17.3 Å². The fourth-order valence-electron chi connectivity index (χ4n) is 2.33. The van der Waals surface area contributed by atoms with Crippen LogP contribution in [0.5, 0.6) is 0 Å². The zero-order chi connectivity index (χ0) is 13.1. The summed E-state index contributed by atoms with van der Waals surface area (Å²) in [5.41, 5.74) is 0.799. The Morgan fingerprint density at radius 2 is 1.61 bits per heavy atom. The lowest BCUT2D eigenvalue weighted by Crippen LogP contribution is -2.25. The number of Topliss-reactive ketones (excluding diaryl/α,β-unsaturated/α-hetero) is 3. The Morgan fingerprint density at radius 3 is 2.11 bits per heavy atom. The molecule has 0 atom stereocenters. The second-order valence-electron chi connectivity index (χ2n) is 4.63. The van der Waals surface area contributed by atoms with Crippen LogP contribution in [0.25, 0.3) is 0 Å². The summed E-state index contributed by atoms with van der Waals surface area (Å²) in [6.07, 6.45) is 3.04. The van der Waals surface area contributed by atoms with Gasteiger partial charge in [0.25, 0.3) is 0 Å². The quantitative estimate of drug-likeness (QED) is 0.591. The van der Waals surface area contributed by atoms with E-state index in [2.05, 4.69) is 0 Å². The molecule has 1 aliphatic rings. The average molecular weight is 244 g/mol. The number of hydrogen-bond donors (Lipinski definition) is 0. The van der Waals surface area contributed by atoms with Crippen LogP contribution in [0.4, 0.5) is 0 Å². The predicted octanol–water partition coefficient (Wildman–Crippen LogP) is 2.83. The van der Waals surface area contributed by atoms with Gasteiger partial charge < -0.3 is 0 Å². The van der Waals surface area contributed by atoms with Crippen molar-refractivity contribution in [1.82, 2.24) is 0 Å². The summed E-state index contributed by atoms with van der Waals surface area (Å²) in [6.45, 7) is 2.05. The Bertz CT molecular complexity index is 467. The maximum atomic E-state index is 12.0. The molecule has 0 saturated heterocycles. The lowest BCUT2D eigenvalue weighted by Gasteiger charge is -2.05. The average Bonchev–Trinajstić information content (AvgIpc) is 2.63. The van der Waals surface area contributed by atoms with E-state index in [1.165, 1.54) is 0 Å². The van der Waals surface area contributed by atoms with Crippen molar-refractivity contribution in [2.75, 3.05) is 0 Å². The van der Waals surface area contributed by atoms with Crippen LogP contribution >= 0.6 is 0 Å². The molecule has 0 amide bonds. The molecular formula is C15H16O3. The SMILES string of the molecule is CCCCCC(=O)C1C(=O)c2ccccc2C1=O. The summed E-state index contributed by atoms with van der Waals surface area (Å²) in [6, 6.07) is 6.67. The van der Waals surface area contributed by atoms with E-state index < -0.39 is 5.92 Å². The highest BCUT2D eigenvalue weighted by Crippen LogP contribution is 2.28. The molecule has 0 saturated carbocycles. The van der Waals surface area contributed by atoms with Gasteiger partial charge in [0.15, 0.2) is 17.3 Å². The van der Waals surface area contributed by atoms with E-state index in [-0.39, 0.29) is 17.3 Å². The van der Waals surface area contributed by atoms with Crippen LogP contribution in [-0.2, 0) is 4.79 Å². The molecule has 0 unspecified atom stereocenters. The Hall–Kier alpha value is -1.77. The molecule has 0 radical (unpaired) electrons. The molecule has 3 nitrogen and oxygen atoms in total. The standard InChI is InChI=1S/C15H16O3/c1-2-3-4-9-12(16)13-14(17)10-7-5-6-8-11(10)15(13)18/h5-8,13H,2-4,9H2,1H3. The predicted molar refractivity (Wildman–Crippen MR) is 67.7 cm³/mol. The lowest BCUT2D eigenvalue weighted by atomic mass is 9.94. The highest BCUT2D eigenvalue weighted by Gasteiger charge is 2.42. The van der Waals surface area contributed by atoms with Gasteiger partial charge in [-0.2, -0.15) is 0 Å². The topological polar surface area (TPSA) is 51.2 Å². The van der Waals surface area contributed by atoms with E-state index in [9.17, 15) is 14.4 Å². The number of carbonyl (C=O) groups excluding carboxylic acids is 3. The summed E-state index contributed by atoms with van der Waals surface area (Å²) >= 11 is 0. The second kappa shape index (κ2) is 5.25. The number of hydrogen-bond acceptors (Lipinski definition) is 3. The first-order valence-corrected chi connectivity index (χ1v) is 6.37. The van der Waals surface area contributed by atoms with Gasteiger partial charge in [0.1, 0.15) is 5.92 Å². The highest BCUT2D eigenvalue weighted by molar-refractivity contribution is 6.35. The largest absolute Gasteiger partial charge is 0.298 e. The first-order valence-electron chi connectivity index (χ1n) is 6.37. The van der Waals surface area contributed by atoms with Gasteiger partial charge in [0, 0.05) is 17.5 Å². The van der Waals surface area contributed by atoms with Gasteiger partial charge in [0.05, 0.1) is 0 Å². The molecule has 0 spiro atoms. The summed E-state index contributed by atoms with van der Waals surface area (Å²) in [4.78, 5) is 36.0. The van der Waals surface area contributed by atoms with Gasteiger partial charge >= 0.3 is 0 Å². The van der Waals surface area contributed by atoms with Crippen LogP contribution in [0.15, 0.2) is 24.3 Å². The number of benzene rings is 1. The van der Waals surface area contributed by atoms with Crippen molar-refractivity contribution < 1.29 is 14.4 Å². The van der Waals surface area contributed by atoms with Crippen molar-refractivity contribution in [3.05, 3.63) is 35.4 Å². The van der Waals surface area contributed by atoms with E-state index in [0.29, 0.717) is 17.5 Å². The molecule has 2 rings (SSSR count). The maximum Gasteiger partial charge on any atom is 0.181 e. The van der Waals surface area contributed by atoms with E-state index in [1.807, 2.05) is 6.92 Å². The molecule has 1 aliphatic carbocycles. The van der Waals surface area contributed by atoms with Crippen LogP contribution in [0.1, 0.15) is 53.3 Å². The highest BCUT2D eigenvalue weighted by atomic mass is 16.2. The summed E-state index contributed by atoms with van der Waals surface area (Å²) in [7, 11) is 0. The monoisotopic (exact) mass is 244 g/mol. The first-order chi connectivity index (χ1) is 8.66. The first kappa shape index (κ1) is 12.7. The minimum absolute atomic E-state index is 0.227. The molecule has 18 heavy (non-hydrogen) atoms. The molecule has 1 aromatic rings. The molecule has 0 aliphatic heterocycles. The van der Waals surface area contributed by atoms with Gasteiger partial charge in [-0.15, -0.1) is 0 Å². The summed E-state index contributed by atoms with van der Waals surface area (Å²) in [5, 5.41) is 0. The summed E-state index contributed by atoms with van der Waals surface area (Å²) < 4.78 is 0. The van der Waals surface area contributed by atoms with E-state index in [1.54, 1.807) is 24.3 Å². The van der Waals surface area contributed by atoms with Crippen molar-refractivity contribution in [2.24, 2.45) is 5.92 Å². The molecule has 0 fully saturated rings. The third-order valence-corrected chi connectivity index (χ3v) is 3.33. The van der Waals surface area contributed by atoms with Crippen LogP contribution in [0.2, 0.25) is 0 Å². The zero-order valence-corrected chi connectivity index (χ0v) is 10.4. The van der Waals surface area contributed by atoms with Crippen molar-refractivity contribution in [1.29, 1.82) is 0 Å². The van der Waals surface area contributed by atoms with Crippen LogP contribution < -0.4 is 0 Å². The van der Waals surface area contributed by atoms with Crippen molar-refractivity contribution in [3.63, 3.8) is 0 Å². The Labute approximate surface area is 106 Å². The fraction of sp³-hybridized carbons (Fsp3) is 0.400. The van der Waals surface area contributed by atoms with Gasteiger partial charge in [-0.3, -0.25) is 14.4 Å². The number of rotatable bonds is 5. The molecule has 1 aromatic carbocycles. The van der Waals surface area contributed by atoms with Gasteiger partial charge in [-0.1, -0.05) is 44.0 Å². The maximum absolute atomic E-state index is 12.0. The molecule has 0 N–H and O–H groups in total. The third-order valence-electron chi connectivity index (χ3n) is 3.33. The van der Waals surface area contributed by atoms with Crippen molar-refractivity contribution in [3.8, 4) is 0 Å². The number of carbonyl (C=O) groups is 3. The Balaban J connectivity index is 2.16. The Morgan fingerprint density at radius 1 is 1.06 bits per heavy atom. The Kier molecular flexibility index (Phi) is 3.70. The molecular weight excluding hydrogens is 228 g/mol. The minimum Gasteiger partial charge on any atom is -0.298 e. The van der Waals surface area contributed by atoms with Crippen LogP contribution in [-0.4, -0.2) is 17.3 Å². The normalized spacial score (nSPS) is 14.9. The number of fused-ring (bicyclic) bond motifs is 1. The minimum atomic E-state index is -1.07. The van der Waals surface area contributed by atoms with Crippen LogP contribution in [0.3, 0.4) is 0 Å². The van der Waals surface area contributed by atoms with Gasteiger partial charge in [0.2, 0.25) is 0 Å². The van der Waals surface area contributed by atoms with Crippen LogP contribution in [0, 0.1) is 5.92 Å². The third kappa shape index (κ3) is 2.13. The smallest absolute Gasteiger partial charge is 0.181 e. The molecule has 0 aromatic heterocycles. The van der Waals surface area contributed by atoms with Gasteiger partial charge in [-0.25, -0.2) is 0 Å². The zero-order valence-electron chi connectivity index (χ0n) is 10.4.